The second-order valence-corrected chi connectivity index (χ2v) is 5.15. The molecule has 1 heterocycles. The van der Waals surface area contributed by atoms with Gasteiger partial charge in [-0.2, -0.15) is 0 Å². The third-order valence-corrected chi connectivity index (χ3v) is 4.09. The van der Waals surface area contributed by atoms with E-state index in [4.69, 9.17) is 0 Å². The molecule has 0 bridgehead atoms. The molecule has 2 rings (SSSR count). The Hall–Kier alpha value is -0.540. The number of piperidine rings is 1. The van der Waals surface area contributed by atoms with Crippen molar-refractivity contribution in [3.8, 4) is 0 Å². The predicted octanol–water partition coefficient (Wildman–Crippen LogP) is 3.09. The Labute approximate surface area is 101 Å². The number of nitrogens with one attached hydrogen (secondary N) is 1. The first-order chi connectivity index (χ1) is 7.81. The highest BCUT2D eigenvalue weighted by Crippen LogP contribution is 2.28. The average Bonchev–Trinajstić information content (AvgIpc) is 2.31. The molecule has 1 fully saturated rings. The van der Waals surface area contributed by atoms with Crippen LogP contribution < -0.4 is 5.32 Å². The molecule has 0 aliphatic carbocycles. The van der Waals surface area contributed by atoms with Crippen LogP contribution in [0.5, 0.6) is 0 Å². The van der Waals surface area contributed by atoms with E-state index in [1.165, 1.54) is 30.2 Å². The molecule has 0 saturated carbocycles. The largest absolute Gasteiger partial charge is 0.317 e. The van der Waals surface area contributed by atoms with Gasteiger partial charge in [-0.1, -0.05) is 12.1 Å². The summed E-state index contributed by atoms with van der Waals surface area (Å²) in [5.41, 5.74) is 1.18. The minimum Gasteiger partial charge on any atom is -0.317 e. The van der Waals surface area contributed by atoms with Gasteiger partial charge in [0, 0.05) is 4.90 Å². The lowest BCUT2D eigenvalue weighted by molar-refractivity contribution is 0.370. The summed E-state index contributed by atoms with van der Waals surface area (Å²) < 4.78 is 13.6. The van der Waals surface area contributed by atoms with Crippen molar-refractivity contribution in [1.29, 1.82) is 0 Å². The van der Waals surface area contributed by atoms with Crippen LogP contribution in [0.15, 0.2) is 23.1 Å². The first kappa shape index (κ1) is 11.9. The Morgan fingerprint density at radius 3 is 2.81 bits per heavy atom. The summed E-state index contributed by atoms with van der Waals surface area (Å²) in [6.45, 7) is 2.21. The van der Waals surface area contributed by atoms with Gasteiger partial charge in [-0.3, -0.25) is 0 Å². The minimum atomic E-state index is -0.0704. The highest BCUT2D eigenvalue weighted by atomic mass is 32.2. The zero-order valence-electron chi connectivity index (χ0n) is 9.63. The van der Waals surface area contributed by atoms with Crippen molar-refractivity contribution in [3.05, 3.63) is 29.6 Å². The molecule has 1 N–H and O–H groups in total. The molecule has 0 radical (unpaired) electrons. The van der Waals surface area contributed by atoms with Crippen LogP contribution in [0, 0.1) is 11.7 Å². The molecule has 88 valence electrons. The molecule has 0 unspecified atom stereocenters. The molecule has 1 aliphatic rings. The quantitative estimate of drug-likeness (QED) is 0.814. The summed E-state index contributed by atoms with van der Waals surface area (Å²) in [7, 11) is 0. The summed E-state index contributed by atoms with van der Waals surface area (Å²) in [5, 5.41) is 3.36. The van der Waals surface area contributed by atoms with Gasteiger partial charge < -0.3 is 5.32 Å². The first-order valence-corrected chi connectivity index (χ1v) is 7.06. The molecule has 3 heteroatoms. The maximum atomic E-state index is 13.6. The lowest BCUT2D eigenvalue weighted by Gasteiger charge is -2.23. The van der Waals surface area contributed by atoms with E-state index in [0.717, 1.165) is 24.4 Å². The first-order valence-electron chi connectivity index (χ1n) is 5.83. The van der Waals surface area contributed by atoms with E-state index in [-0.39, 0.29) is 5.82 Å². The van der Waals surface area contributed by atoms with E-state index in [9.17, 15) is 4.39 Å². The number of thioether (sulfide) groups is 1. The standard InChI is InChI=1S/C13H18FNS/c1-16-13-11(3-2-4-12(13)14)9-10-5-7-15-8-6-10/h2-4,10,15H,5-9H2,1H3. The van der Waals surface area contributed by atoms with Crippen LogP contribution in [-0.4, -0.2) is 19.3 Å². The molecule has 1 aliphatic heterocycles. The summed E-state index contributed by atoms with van der Waals surface area (Å²) in [5.74, 6) is 0.646. The van der Waals surface area contributed by atoms with Crippen molar-refractivity contribution in [2.24, 2.45) is 5.92 Å². The topological polar surface area (TPSA) is 12.0 Å². The fourth-order valence-electron chi connectivity index (χ4n) is 2.34. The van der Waals surface area contributed by atoms with Crippen LogP contribution >= 0.6 is 11.8 Å². The third-order valence-electron chi connectivity index (χ3n) is 3.22. The van der Waals surface area contributed by atoms with Crippen molar-refractivity contribution in [1.82, 2.24) is 5.32 Å². The van der Waals surface area contributed by atoms with Crippen LogP contribution in [0.3, 0.4) is 0 Å². The van der Waals surface area contributed by atoms with Gasteiger partial charge >= 0.3 is 0 Å². The second kappa shape index (κ2) is 5.69. The Morgan fingerprint density at radius 2 is 2.12 bits per heavy atom. The van der Waals surface area contributed by atoms with Crippen LogP contribution in [0.25, 0.3) is 0 Å². The molecule has 1 saturated heterocycles. The van der Waals surface area contributed by atoms with Gasteiger partial charge in [0.25, 0.3) is 0 Å². The van der Waals surface area contributed by atoms with Crippen LogP contribution in [0.1, 0.15) is 18.4 Å². The van der Waals surface area contributed by atoms with E-state index >= 15 is 0 Å². The highest BCUT2D eigenvalue weighted by Gasteiger charge is 2.16. The second-order valence-electron chi connectivity index (χ2n) is 4.33. The summed E-state index contributed by atoms with van der Waals surface area (Å²) in [6, 6.07) is 5.44. The number of hydrogen-bond acceptors (Lipinski definition) is 2. The minimum absolute atomic E-state index is 0.0704. The Balaban J connectivity index is 2.10. The maximum Gasteiger partial charge on any atom is 0.137 e. The van der Waals surface area contributed by atoms with Crippen LogP contribution in [0.2, 0.25) is 0 Å². The summed E-state index contributed by atoms with van der Waals surface area (Å²) in [6.07, 6.45) is 5.40. The van der Waals surface area contributed by atoms with E-state index in [0.29, 0.717) is 5.92 Å². The predicted molar refractivity (Wildman–Crippen MR) is 67.5 cm³/mol. The number of rotatable bonds is 3. The molecular formula is C13H18FNS. The molecule has 1 aromatic rings. The van der Waals surface area contributed by atoms with Crippen molar-refractivity contribution < 1.29 is 4.39 Å². The van der Waals surface area contributed by atoms with Gasteiger partial charge in [-0.05, 0) is 56.2 Å². The lowest BCUT2D eigenvalue weighted by atomic mass is 9.91. The van der Waals surface area contributed by atoms with Crippen LogP contribution in [0.4, 0.5) is 4.39 Å². The Kier molecular flexibility index (Phi) is 4.24. The van der Waals surface area contributed by atoms with Crippen molar-refractivity contribution >= 4 is 11.8 Å². The third kappa shape index (κ3) is 2.77. The molecule has 16 heavy (non-hydrogen) atoms. The highest BCUT2D eigenvalue weighted by molar-refractivity contribution is 7.98. The zero-order valence-corrected chi connectivity index (χ0v) is 10.4. The summed E-state index contributed by atoms with van der Waals surface area (Å²) in [4.78, 5) is 0.834. The molecule has 0 spiro atoms. The molecule has 0 atom stereocenters. The van der Waals surface area contributed by atoms with Gasteiger partial charge in [-0.25, -0.2) is 4.39 Å². The van der Waals surface area contributed by atoms with E-state index in [1.54, 1.807) is 6.07 Å². The van der Waals surface area contributed by atoms with Crippen molar-refractivity contribution in [2.75, 3.05) is 19.3 Å². The number of benzene rings is 1. The van der Waals surface area contributed by atoms with Crippen LogP contribution in [-0.2, 0) is 6.42 Å². The fourth-order valence-corrected chi connectivity index (χ4v) is 3.02. The summed E-state index contributed by atoms with van der Waals surface area (Å²) >= 11 is 1.52. The van der Waals surface area contributed by atoms with E-state index in [2.05, 4.69) is 11.4 Å². The Morgan fingerprint density at radius 1 is 1.38 bits per heavy atom. The Bertz CT molecular complexity index is 348. The van der Waals surface area contributed by atoms with Crippen molar-refractivity contribution in [3.63, 3.8) is 0 Å². The average molecular weight is 239 g/mol. The van der Waals surface area contributed by atoms with Gasteiger partial charge in [0.15, 0.2) is 0 Å². The smallest absolute Gasteiger partial charge is 0.137 e. The monoisotopic (exact) mass is 239 g/mol. The number of hydrogen-bond donors (Lipinski definition) is 1. The molecular weight excluding hydrogens is 221 g/mol. The molecule has 0 amide bonds. The normalized spacial score (nSPS) is 17.6. The fraction of sp³-hybridized carbons (Fsp3) is 0.538. The molecule has 0 aromatic heterocycles. The van der Waals surface area contributed by atoms with Gasteiger partial charge in [0.2, 0.25) is 0 Å². The maximum absolute atomic E-state index is 13.6. The zero-order chi connectivity index (χ0) is 11.4. The van der Waals surface area contributed by atoms with E-state index < -0.39 is 0 Å². The molecule has 1 nitrogen and oxygen atoms in total. The number of halogens is 1. The van der Waals surface area contributed by atoms with Gasteiger partial charge in [-0.15, -0.1) is 11.8 Å². The lowest BCUT2D eigenvalue weighted by Crippen LogP contribution is -2.28. The van der Waals surface area contributed by atoms with E-state index in [1.807, 2.05) is 12.3 Å². The van der Waals surface area contributed by atoms with Gasteiger partial charge in [0.1, 0.15) is 5.82 Å². The van der Waals surface area contributed by atoms with Crippen molar-refractivity contribution in [2.45, 2.75) is 24.2 Å². The van der Waals surface area contributed by atoms with Gasteiger partial charge in [0.05, 0.1) is 0 Å². The molecule has 1 aromatic carbocycles. The SMILES string of the molecule is CSc1c(F)cccc1CC1CCNCC1.